The van der Waals surface area contributed by atoms with Crippen molar-refractivity contribution < 1.29 is 9.18 Å². The van der Waals surface area contributed by atoms with Crippen molar-refractivity contribution in [2.24, 2.45) is 0 Å². The maximum absolute atomic E-state index is 14.7. The number of H-pyrrole nitrogens is 1. The van der Waals surface area contributed by atoms with E-state index in [1.54, 1.807) is 36.2 Å². The molecule has 0 spiro atoms. The first kappa shape index (κ1) is 14.9. The number of hydrogen-bond acceptors (Lipinski definition) is 3. The zero-order chi connectivity index (χ0) is 16.7. The number of nitrogens with zero attached hydrogens (tertiary/aromatic N) is 4. The number of likely N-dealkylation sites (tertiary alicyclic amines) is 1. The smallest absolute Gasteiger partial charge is 0.277 e. The fourth-order valence-electron chi connectivity index (χ4n) is 3.41. The molecule has 0 saturated carbocycles. The van der Waals surface area contributed by atoms with Crippen molar-refractivity contribution in [2.75, 3.05) is 13.1 Å². The molecule has 124 valence electrons. The first-order chi connectivity index (χ1) is 11.6. The van der Waals surface area contributed by atoms with Crippen molar-refractivity contribution in [3.63, 3.8) is 0 Å². The summed E-state index contributed by atoms with van der Waals surface area (Å²) in [6, 6.07) is 7.23. The van der Waals surface area contributed by atoms with E-state index in [0.717, 1.165) is 18.5 Å². The van der Waals surface area contributed by atoms with Crippen LogP contribution in [0.2, 0.25) is 0 Å². The van der Waals surface area contributed by atoms with E-state index in [-0.39, 0.29) is 17.5 Å². The summed E-state index contributed by atoms with van der Waals surface area (Å²) in [5.74, 6) is -0.733. The summed E-state index contributed by atoms with van der Waals surface area (Å²) >= 11 is 0. The summed E-state index contributed by atoms with van der Waals surface area (Å²) < 4.78 is 16.1. The third kappa shape index (κ3) is 2.36. The second kappa shape index (κ2) is 5.74. The van der Waals surface area contributed by atoms with Gasteiger partial charge in [0, 0.05) is 36.6 Å². The van der Waals surface area contributed by atoms with Crippen LogP contribution in [0, 0.1) is 12.9 Å². The number of carbonyl (C=O) groups is 1. The molecule has 1 aliphatic heterocycles. The number of piperidine rings is 1. The van der Waals surface area contributed by atoms with Crippen LogP contribution >= 0.6 is 0 Å². The lowest BCUT2D eigenvalue weighted by molar-refractivity contribution is 0.0695. The van der Waals surface area contributed by atoms with Crippen LogP contribution in [0.3, 0.4) is 0 Å². The molecule has 1 atom stereocenters. The number of rotatable bonds is 2. The Bertz CT molecular complexity index is 886. The first-order valence-electron chi connectivity index (χ1n) is 8.07. The molecule has 1 unspecified atom stereocenters. The highest BCUT2D eigenvalue weighted by molar-refractivity contribution is 5.93. The van der Waals surface area contributed by atoms with Crippen molar-refractivity contribution >= 4 is 11.6 Å². The summed E-state index contributed by atoms with van der Waals surface area (Å²) in [7, 11) is 0. The number of amides is 1. The number of carbonyl (C=O) groups excluding carboxylic acids is 1. The summed E-state index contributed by atoms with van der Waals surface area (Å²) in [5.41, 5.74) is 2.08. The SMILES string of the molecule is Cc1cccc2nc(C(=O)N3CCCC(c4ccn[nH]4)C3)c(F)n12. The molecule has 1 fully saturated rings. The van der Waals surface area contributed by atoms with Crippen LogP contribution in [-0.2, 0) is 0 Å². The van der Waals surface area contributed by atoms with Gasteiger partial charge in [0.15, 0.2) is 5.69 Å². The molecule has 0 bridgehead atoms. The Balaban J connectivity index is 1.64. The van der Waals surface area contributed by atoms with Crippen LogP contribution < -0.4 is 0 Å². The van der Waals surface area contributed by atoms with Gasteiger partial charge in [-0.25, -0.2) is 4.98 Å². The van der Waals surface area contributed by atoms with E-state index < -0.39 is 5.95 Å². The fourth-order valence-corrected chi connectivity index (χ4v) is 3.41. The molecule has 4 rings (SSSR count). The molecule has 1 aliphatic rings. The molecule has 0 radical (unpaired) electrons. The average Bonchev–Trinajstić information content (AvgIpc) is 3.23. The van der Waals surface area contributed by atoms with Gasteiger partial charge in [0.2, 0.25) is 5.95 Å². The molecule has 1 saturated heterocycles. The highest BCUT2D eigenvalue weighted by Gasteiger charge is 2.30. The minimum Gasteiger partial charge on any atom is -0.336 e. The van der Waals surface area contributed by atoms with Gasteiger partial charge in [-0.3, -0.25) is 14.3 Å². The molecule has 24 heavy (non-hydrogen) atoms. The van der Waals surface area contributed by atoms with E-state index in [2.05, 4.69) is 15.2 Å². The minimum atomic E-state index is -0.586. The van der Waals surface area contributed by atoms with E-state index in [9.17, 15) is 9.18 Å². The summed E-state index contributed by atoms with van der Waals surface area (Å²) in [6.07, 6.45) is 3.57. The Morgan fingerprint density at radius 3 is 3.00 bits per heavy atom. The maximum atomic E-state index is 14.7. The summed E-state index contributed by atoms with van der Waals surface area (Å²) in [5, 5.41) is 6.94. The molecular weight excluding hydrogens is 309 g/mol. The van der Waals surface area contributed by atoms with Crippen molar-refractivity contribution in [3.05, 3.63) is 53.5 Å². The lowest BCUT2D eigenvalue weighted by Gasteiger charge is -2.31. The fraction of sp³-hybridized carbons (Fsp3) is 0.353. The minimum absolute atomic E-state index is 0.102. The van der Waals surface area contributed by atoms with Crippen molar-refractivity contribution in [1.29, 1.82) is 0 Å². The molecule has 4 heterocycles. The predicted octanol–water partition coefficient (Wildman–Crippen LogP) is 2.52. The van der Waals surface area contributed by atoms with Crippen LogP contribution in [0.1, 0.15) is 40.6 Å². The Labute approximate surface area is 138 Å². The highest BCUT2D eigenvalue weighted by Crippen LogP contribution is 2.26. The number of pyridine rings is 1. The predicted molar refractivity (Wildman–Crippen MR) is 86.4 cm³/mol. The summed E-state index contributed by atoms with van der Waals surface area (Å²) in [6.45, 7) is 2.96. The molecule has 0 aliphatic carbocycles. The molecule has 1 amide bonds. The van der Waals surface area contributed by atoms with Gasteiger partial charge in [-0.2, -0.15) is 9.49 Å². The van der Waals surface area contributed by atoms with E-state index >= 15 is 0 Å². The van der Waals surface area contributed by atoms with Gasteiger partial charge < -0.3 is 4.90 Å². The number of halogens is 1. The second-order valence-corrected chi connectivity index (χ2v) is 6.21. The standard InChI is InChI=1S/C17H18FN5O/c1-11-4-2-6-14-20-15(16(18)23(11)14)17(24)22-9-3-5-12(10-22)13-7-8-19-21-13/h2,4,6-8,12H,3,5,9-10H2,1H3,(H,19,21). The zero-order valence-corrected chi connectivity index (χ0v) is 13.4. The molecular formula is C17H18FN5O. The van der Waals surface area contributed by atoms with Gasteiger partial charge in [0.25, 0.3) is 5.91 Å². The van der Waals surface area contributed by atoms with Gasteiger partial charge in [0.1, 0.15) is 5.65 Å². The Morgan fingerprint density at radius 1 is 1.38 bits per heavy atom. The second-order valence-electron chi connectivity index (χ2n) is 6.21. The van der Waals surface area contributed by atoms with Gasteiger partial charge in [-0.05, 0) is 38.0 Å². The average molecular weight is 327 g/mol. The third-order valence-corrected chi connectivity index (χ3v) is 4.66. The normalized spacial score (nSPS) is 18.2. The Morgan fingerprint density at radius 2 is 2.25 bits per heavy atom. The van der Waals surface area contributed by atoms with Crippen LogP contribution in [0.5, 0.6) is 0 Å². The number of fused-ring (bicyclic) bond motifs is 1. The van der Waals surface area contributed by atoms with Crippen LogP contribution in [0.15, 0.2) is 30.5 Å². The molecule has 0 aromatic carbocycles. The van der Waals surface area contributed by atoms with Gasteiger partial charge >= 0.3 is 0 Å². The molecule has 7 heteroatoms. The topological polar surface area (TPSA) is 66.3 Å². The van der Waals surface area contributed by atoms with E-state index in [1.165, 1.54) is 4.40 Å². The first-order valence-corrected chi connectivity index (χ1v) is 8.07. The summed E-state index contributed by atoms with van der Waals surface area (Å²) in [4.78, 5) is 18.7. The van der Waals surface area contributed by atoms with Gasteiger partial charge in [-0.1, -0.05) is 6.07 Å². The third-order valence-electron chi connectivity index (χ3n) is 4.66. The number of hydrogen-bond donors (Lipinski definition) is 1. The Kier molecular flexibility index (Phi) is 3.55. The number of aryl methyl sites for hydroxylation is 1. The molecule has 6 nitrogen and oxygen atoms in total. The monoisotopic (exact) mass is 327 g/mol. The Hall–Kier alpha value is -2.70. The lowest BCUT2D eigenvalue weighted by atomic mass is 9.95. The van der Waals surface area contributed by atoms with E-state index in [4.69, 9.17) is 0 Å². The number of nitrogens with one attached hydrogen (secondary N) is 1. The molecule has 1 N–H and O–H groups in total. The number of aromatic amines is 1. The largest absolute Gasteiger partial charge is 0.336 e. The van der Waals surface area contributed by atoms with Crippen LogP contribution in [0.25, 0.3) is 5.65 Å². The molecule has 3 aromatic heterocycles. The number of imidazole rings is 1. The zero-order valence-electron chi connectivity index (χ0n) is 13.4. The number of aromatic nitrogens is 4. The molecule has 3 aromatic rings. The van der Waals surface area contributed by atoms with E-state index in [1.807, 2.05) is 6.07 Å². The van der Waals surface area contributed by atoms with Gasteiger partial charge in [0.05, 0.1) is 0 Å². The van der Waals surface area contributed by atoms with Crippen LogP contribution in [-0.4, -0.2) is 43.5 Å². The van der Waals surface area contributed by atoms with E-state index in [0.29, 0.717) is 24.4 Å². The van der Waals surface area contributed by atoms with Crippen molar-refractivity contribution in [3.8, 4) is 0 Å². The van der Waals surface area contributed by atoms with Crippen molar-refractivity contribution in [1.82, 2.24) is 24.5 Å². The maximum Gasteiger partial charge on any atom is 0.277 e. The van der Waals surface area contributed by atoms with Crippen molar-refractivity contribution in [2.45, 2.75) is 25.7 Å². The van der Waals surface area contributed by atoms with Crippen LogP contribution in [0.4, 0.5) is 4.39 Å². The highest BCUT2D eigenvalue weighted by atomic mass is 19.1. The quantitative estimate of drug-likeness (QED) is 0.786. The van der Waals surface area contributed by atoms with Gasteiger partial charge in [-0.15, -0.1) is 0 Å². The lowest BCUT2D eigenvalue weighted by Crippen LogP contribution is -2.39.